The first-order chi connectivity index (χ1) is 9.27. The third kappa shape index (κ3) is 4.18. The molecule has 0 aromatic heterocycles. The van der Waals surface area contributed by atoms with Crippen LogP contribution in [0.1, 0.15) is 59.8 Å². The lowest BCUT2D eigenvalue weighted by molar-refractivity contribution is 0.112. The Labute approximate surface area is 125 Å². The highest BCUT2D eigenvalue weighted by Gasteiger charge is 2.43. The molecule has 1 fully saturated rings. The van der Waals surface area contributed by atoms with E-state index in [1.165, 1.54) is 6.42 Å². The lowest BCUT2D eigenvalue weighted by atomic mass is 9.76. The molecule has 1 aliphatic rings. The second-order valence-electron chi connectivity index (χ2n) is 6.79. The van der Waals surface area contributed by atoms with Crippen LogP contribution in [0.3, 0.4) is 0 Å². The zero-order valence-electron chi connectivity index (χ0n) is 13.6. The molecule has 4 nitrogen and oxygen atoms in total. The molecular weight excluding hydrogens is 272 g/mol. The Kier molecular flexibility index (Phi) is 6.48. The van der Waals surface area contributed by atoms with E-state index in [2.05, 4.69) is 20.8 Å². The van der Waals surface area contributed by atoms with Crippen molar-refractivity contribution < 1.29 is 8.42 Å². The number of sulfonamides is 1. The minimum atomic E-state index is -3.21. The van der Waals surface area contributed by atoms with Crippen LogP contribution in [0.25, 0.3) is 0 Å². The highest BCUT2D eigenvalue weighted by Crippen LogP contribution is 2.37. The summed E-state index contributed by atoms with van der Waals surface area (Å²) < 4.78 is 27.1. The molecule has 2 unspecified atom stereocenters. The van der Waals surface area contributed by atoms with Crippen molar-refractivity contribution in [2.45, 2.75) is 65.3 Å². The van der Waals surface area contributed by atoms with Gasteiger partial charge in [0.05, 0.1) is 5.75 Å². The highest BCUT2D eigenvalue weighted by atomic mass is 32.2. The first-order valence-electron chi connectivity index (χ1n) is 7.98. The Balaban J connectivity index is 2.96. The van der Waals surface area contributed by atoms with Crippen LogP contribution in [0.15, 0.2) is 0 Å². The summed E-state index contributed by atoms with van der Waals surface area (Å²) in [4.78, 5) is 0. The summed E-state index contributed by atoms with van der Waals surface area (Å²) in [5.74, 6) is 1.21. The summed E-state index contributed by atoms with van der Waals surface area (Å²) >= 11 is 0. The monoisotopic (exact) mass is 304 g/mol. The van der Waals surface area contributed by atoms with Crippen LogP contribution < -0.4 is 5.73 Å². The van der Waals surface area contributed by atoms with Crippen LogP contribution in [-0.4, -0.2) is 37.1 Å². The normalized spacial score (nSPS) is 28.2. The summed E-state index contributed by atoms with van der Waals surface area (Å²) in [6.45, 7) is 9.23. The molecule has 0 aromatic carbocycles. The fourth-order valence-electron chi connectivity index (χ4n) is 3.47. The van der Waals surface area contributed by atoms with E-state index in [1.54, 1.807) is 4.31 Å². The molecular formula is C15H32N2O2S. The molecule has 1 aliphatic carbocycles. The van der Waals surface area contributed by atoms with Crippen LogP contribution in [0.5, 0.6) is 0 Å². The van der Waals surface area contributed by atoms with Gasteiger partial charge >= 0.3 is 0 Å². The number of likely N-dealkylation sites (N-methyl/N-ethyl adjacent to an activating group) is 1. The number of nitrogens with two attached hydrogens (primary N) is 1. The molecule has 0 bridgehead atoms. The smallest absolute Gasteiger partial charge is 0.214 e. The number of nitrogens with zero attached hydrogens (tertiary/aromatic N) is 1. The molecule has 1 saturated carbocycles. The van der Waals surface area contributed by atoms with Crippen LogP contribution in [0.4, 0.5) is 0 Å². The van der Waals surface area contributed by atoms with Gasteiger partial charge in [0.15, 0.2) is 0 Å². The quantitative estimate of drug-likeness (QED) is 0.786. The topological polar surface area (TPSA) is 63.4 Å². The van der Waals surface area contributed by atoms with Crippen LogP contribution in [0, 0.1) is 11.8 Å². The molecule has 0 spiro atoms. The van der Waals surface area contributed by atoms with Crippen molar-refractivity contribution in [3.8, 4) is 0 Å². The fourth-order valence-corrected chi connectivity index (χ4v) is 5.68. The van der Waals surface area contributed by atoms with E-state index in [0.717, 1.165) is 25.7 Å². The molecule has 0 aliphatic heterocycles. The lowest BCUT2D eigenvalue weighted by Crippen LogP contribution is -2.58. The van der Waals surface area contributed by atoms with Gasteiger partial charge in [-0.05, 0) is 31.1 Å². The maximum Gasteiger partial charge on any atom is 0.214 e. The van der Waals surface area contributed by atoms with Crippen molar-refractivity contribution in [1.29, 1.82) is 0 Å². The number of rotatable bonds is 7. The lowest BCUT2D eigenvalue weighted by Gasteiger charge is -2.46. The first-order valence-corrected chi connectivity index (χ1v) is 9.59. The van der Waals surface area contributed by atoms with E-state index in [0.29, 0.717) is 24.9 Å². The SMILES string of the molecule is CCN(C1(CN)CCCC(C)C1)S(=O)(=O)CCC(C)C. The molecule has 20 heavy (non-hydrogen) atoms. The van der Waals surface area contributed by atoms with Gasteiger partial charge in [0.25, 0.3) is 0 Å². The van der Waals surface area contributed by atoms with Gasteiger partial charge in [-0.3, -0.25) is 0 Å². The van der Waals surface area contributed by atoms with Crippen molar-refractivity contribution in [2.75, 3.05) is 18.8 Å². The summed E-state index contributed by atoms with van der Waals surface area (Å²) in [5, 5.41) is 0. The van der Waals surface area contributed by atoms with E-state index < -0.39 is 10.0 Å². The highest BCUT2D eigenvalue weighted by molar-refractivity contribution is 7.89. The predicted molar refractivity (Wildman–Crippen MR) is 85.0 cm³/mol. The third-order valence-corrected chi connectivity index (χ3v) is 6.62. The van der Waals surface area contributed by atoms with Gasteiger partial charge in [-0.1, -0.05) is 40.5 Å². The summed E-state index contributed by atoms with van der Waals surface area (Å²) in [7, 11) is -3.21. The second kappa shape index (κ2) is 7.23. The molecule has 1 rings (SSSR count). The standard InChI is InChI=1S/C15H32N2O2S/c1-5-17(20(18,19)10-8-13(2)3)15(12-16)9-6-7-14(4)11-15/h13-14H,5-12,16H2,1-4H3. The van der Waals surface area contributed by atoms with Crippen molar-refractivity contribution in [1.82, 2.24) is 4.31 Å². The van der Waals surface area contributed by atoms with Gasteiger partial charge in [0, 0.05) is 18.6 Å². The van der Waals surface area contributed by atoms with Crippen LogP contribution >= 0.6 is 0 Å². The van der Waals surface area contributed by atoms with E-state index >= 15 is 0 Å². The average Bonchev–Trinajstić information content (AvgIpc) is 2.37. The Morgan fingerprint density at radius 2 is 2.05 bits per heavy atom. The summed E-state index contributed by atoms with van der Waals surface area (Å²) in [6.07, 6.45) is 4.79. The largest absolute Gasteiger partial charge is 0.329 e. The Morgan fingerprint density at radius 1 is 1.40 bits per heavy atom. The molecule has 0 heterocycles. The minimum Gasteiger partial charge on any atom is -0.329 e. The molecule has 0 saturated heterocycles. The minimum absolute atomic E-state index is 0.245. The molecule has 2 atom stereocenters. The molecule has 2 N–H and O–H groups in total. The van der Waals surface area contributed by atoms with Gasteiger partial charge in [0.1, 0.15) is 0 Å². The van der Waals surface area contributed by atoms with Crippen molar-refractivity contribution in [3.05, 3.63) is 0 Å². The van der Waals surface area contributed by atoms with Crippen LogP contribution in [0.2, 0.25) is 0 Å². The number of hydrogen-bond acceptors (Lipinski definition) is 3. The zero-order chi connectivity index (χ0) is 15.4. The predicted octanol–water partition coefficient (Wildman–Crippen LogP) is 2.59. The maximum absolute atomic E-state index is 12.7. The van der Waals surface area contributed by atoms with Gasteiger partial charge in [0.2, 0.25) is 10.0 Å². The van der Waals surface area contributed by atoms with E-state index in [9.17, 15) is 8.42 Å². The van der Waals surface area contributed by atoms with Gasteiger partial charge in [-0.25, -0.2) is 8.42 Å². The van der Waals surface area contributed by atoms with Gasteiger partial charge < -0.3 is 5.73 Å². The molecule has 120 valence electrons. The van der Waals surface area contributed by atoms with E-state index in [4.69, 9.17) is 5.73 Å². The average molecular weight is 305 g/mol. The summed E-state index contributed by atoms with van der Waals surface area (Å²) in [6, 6.07) is 0. The van der Waals surface area contributed by atoms with E-state index in [1.807, 2.05) is 6.92 Å². The number of hydrogen-bond donors (Lipinski definition) is 1. The molecule has 5 heteroatoms. The maximum atomic E-state index is 12.7. The van der Waals surface area contributed by atoms with E-state index in [-0.39, 0.29) is 11.3 Å². The Morgan fingerprint density at radius 3 is 2.50 bits per heavy atom. The van der Waals surface area contributed by atoms with Crippen molar-refractivity contribution in [2.24, 2.45) is 17.6 Å². The Hall–Kier alpha value is -0.130. The molecule has 0 aromatic rings. The van der Waals surface area contributed by atoms with Crippen molar-refractivity contribution >= 4 is 10.0 Å². The van der Waals surface area contributed by atoms with Crippen molar-refractivity contribution in [3.63, 3.8) is 0 Å². The first kappa shape index (κ1) is 17.9. The molecule has 0 radical (unpaired) electrons. The summed E-state index contributed by atoms with van der Waals surface area (Å²) in [5.41, 5.74) is 5.68. The molecule has 0 amide bonds. The third-order valence-electron chi connectivity index (χ3n) is 4.55. The van der Waals surface area contributed by atoms with Crippen LogP contribution in [-0.2, 0) is 10.0 Å². The van der Waals surface area contributed by atoms with Gasteiger partial charge in [-0.15, -0.1) is 0 Å². The zero-order valence-corrected chi connectivity index (χ0v) is 14.4. The Bertz CT molecular complexity index is 395. The fraction of sp³-hybridized carbons (Fsp3) is 1.00. The van der Waals surface area contributed by atoms with Gasteiger partial charge in [-0.2, -0.15) is 4.31 Å². The second-order valence-corrected chi connectivity index (χ2v) is 8.81.